The van der Waals surface area contributed by atoms with E-state index in [1.807, 2.05) is 34.1 Å². The minimum atomic E-state index is -0.506. The van der Waals surface area contributed by atoms with E-state index < -0.39 is 6.04 Å². The molecule has 1 saturated heterocycles. The number of carbonyl (C=O) groups is 2. The van der Waals surface area contributed by atoms with E-state index in [1.165, 1.54) is 25.7 Å². The van der Waals surface area contributed by atoms with E-state index in [-0.39, 0.29) is 24.4 Å². The van der Waals surface area contributed by atoms with Gasteiger partial charge < -0.3 is 14.5 Å². The number of hydrogen-bond acceptors (Lipinski definition) is 3. The van der Waals surface area contributed by atoms with Crippen LogP contribution >= 0.6 is 0 Å². The fraction of sp³-hybridized carbons (Fsp3) is 0.692. The lowest BCUT2D eigenvalue weighted by Gasteiger charge is -2.44. The zero-order chi connectivity index (χ0) is 22.1. The standard InChI is InChI=1S/C26H40N2O3/c1-3-5-7-11-19-31-23-16-14-21(15-17-23)25-26(30)28(22-12-9-8-10-13-22)20-24(29)27(25)18-6-4-2/h14-17,22,25H,3-13,18-20H2,1-2H3. The Morgan fingerprint density at radius 3 is 2.29 bits per heavy atom. The van der Waals surface area contributed by atoms with Crippen LogP contribution in [0.15, 0.2) is 24.3 Å². The maximum absolute atomic E-state index is 13.6. The topological polar surface area (TPSA) is 49.9 Å². The van der Waals surface area contributed by atoms with E-state index in [2.05, 4.69) is 13.8 Å². The van der Waals surface area contributed by atoms with Gasteiger partial charge in [0.05, 0.1) is 6.61 Å². The highest BCUT2D eigenvalue weighted by molar-refractivity contribution is 5.95. The van der Waals surface area contributed by atoms with Gasteiger partial charge in [0.1, 0.15) is 18.3 Å². The molecule has 1 aromatic carbocycles. The number of piperazine rings is 1. The fourth-order valence-electron chi connectivity index (χ4n) is 4.82. The number of amides is 2. The average Bonchev–Trinajstić information content (AvgIpc) is 2.80. The highest BCUT2D eigenvalue weighted by atomic mass is 16.5. The molecule has 31 heavy (non-hydrogen) atoms. The van der Waals surface area contributed by atoms with Crippen LogP contribution in [-0.2, 0) is 9.59 Å². The summed E-state index contributed by atoms with van der Waals surface area (Å²) >= 11 is 0. The third kappa shape index (κ3) is 6.24. The van der Waals surface area contributed by atoms with Crippen LogP contribution in [0.4, 0.5) is 0 Å². The van der Waals surface area contributed by atoms with Crippen molar-refractivity contribution < 1.29 is 14.3 Å². The highest BCUT2D eigenvalue weighted by Gasteiger charge is 2.42. The molecular weight excluding hydrogens is 388 g/mol. The van der Waals surface area contributed by atoms with E-state index in [9.17, 15) is 9.59 Å². The lowest BCUT2D eigenvalue weighted by atomic mass is 9.91. The van der Waals surface area contributed by atoms with Gasteiger partial charge in [0.2, 0.25) is 5.91 Å². The summed E-state index contributed by atoms with van der Waals surface area (Å²) in [6, 6.07) is 7.55. The van der Waals surface area contributed by atoms with Gasteiger partial charge in [-0.1, -0.05) is 70.9 Å². The summed E-state index contributed by atoms with van der Waals surface area (Å²) in [4.78, 5) is 30.4. The van der Waals surface area contributed by atoms with Crippen LogP contribution in [0.5, 0.6) is 5.75 Å². The Morgan fingerprint density at radius 2 is 1.61 bits per heavy atom. The fourth-order valence-corrected chi connectivity index (χ4v) is 4.82. The van der Waals surface area contributed by atoms with Crippen molar-refractivity contribution in [3.8, 4) is 5.75 Å². The Hall–Kier alpha value is -2.04. The van der Waals surface area contributed by atoms with Crippen molar-refractivity contribution in [3.05, 3.63) is 29.8 Å². The smallest absolute Gasteiger partial charge is 0.250 e. The number of benzene rings is 1. The molecule has 1 aliphatic heterocycles. The SMILES string of the molecule is CCCCCCOc1ccc(C2C(=O)N(C3CCCCC3)CC(=O)N2CCCC)cc1. The first-order valence-corrected chi connectivity index (χ1v) is 12.5. The van der Waals surface area contributed by atoms with Crippen LogP contribution in [0.1, 0.15) is 96.1 Å². The summed E-state index contributed by atoms with van der Waals surface area (Å²) in [5, 5.41) is 0. The second-order valence-electron chi connectivity index (χ2n) is 9.08. The van der Waals surface area contributed by atoms with Gasteiger partial charge in [0.15, 0.2) is 0 Å². The maximum atomic E-state index is 13.6. The predicted molar refractivity (Wildman–Crippen MR) is 124 cm³/mol. The minimum absolute atomic E-state index is 0.0832. The van der Waals surface area contributed by atoms with Crippen LogP contribution < -0.4 is 4.74 Å². The van der Waals surface area contributed by atoms with Gasteiger partial charge in [0.25, 0.3) is 5.91 Å². The first kappa shape index (κ1) is 23.6. The first-order chi connectivity index (χ1) is 15.2. The van der Waals surface area contributed by atoms with Crippen LogP contribution in [0.2, 0.25) is 0 Å². The number of carbonyl (C=O) groups excluding carboxylic acids is 2. The molecule has 2 amide bonds. The van der Waals surface area contributed by atoms with Crippen LogP contribution in [0, 0.1) is 0 Å². The van der Waals surface area contributed by atoms with Gasteiger partial charge in [-0.15, -0.1) is 0 Å². The molecule has 0 radical (unpaired) electrons. The van der Waals surface area contributed by atoms with E-state index in [4.69, 9.17) is 4.74 Å². The summed E-state index contributed by atoms with van der Waals surface area (Å²) in [6.07, 6.45) is 12.2. The van der Waals surface area contributed by atoms with Crippen molar-refractivity contribution in [1.82, 2.24) is 9.80 Å². The summed E-state index contributed by atoms with van der Waals surface area (Å²) in [5.74, 6) is 1.01. The molecule has 0 bridgehead atoms. The monoisotopic (exact) mass is 428 g/mol. The Kier molecular flexibility index (Phi) is 9.23. The van der Waals surface area contributed by atoms with E-state index in [0.29, 0.717) is 6.54 Å². The summed E-state index contributed by atoms with van der Waals surface area (Å²) in [5.41, 5.74) is 0.897. The molecule has 1 saturated carbocycles. The molecule has 0 N–H and O–H groups in total. The number of nitrogens with zero attached hydrogens (tertiary/aromatic N) is 2. The van der Waals surface area contributed by atoms with Crippen LogP contribution in [0.3, 0.4) is 0 Å². The van der Waals surface area contributed by atoms with Gasteiger partial charge in [-0.3, -0.25) is 9.59 Å². The molecule has 1 atom stereocenters. The number of rotatable bonds is 11. The lowest BCUT2D eigenvalue weighted by molar-refractivity contribution is -0.159. The zero-order valence-electron chi connectivity index (χ0n) is 19.5. The Bertz CT molecular complexity index is 697. The maximum Gasteiger partial charge on any atom is 0.250 e. The summed E-state index contributed by atoms with van der Waals surface area (Å²) < 4.78 is 5.88. The second kappa shape index (κ2) is 12.1. The van der Waals surface area contributed by atoms with Gasteiger partial charge >= 0.3 is 0 Å². The van der Waals surface area contributed by atoms with Gasteiger partial charge in [-0.05, 0) is 43.4 Å². The van der Waals surface area contributed by atoms with E-state index >= 15 is 0 Å². The molecule has 1 unspecified atom stereocenters. The third-order valence-corrected chi connectivity index (χ3v) is 6.69. The van der Waals surface area contributed by atoms with Crippen LogP contribution in [0.25, 0.3) is 0 Å². The molecule has 0 aromatic heterocycles. The second-order valence-corrected chi connectivity index (χ2v) is 9.08. The van der Waals surface area contributed by atoms with Crippen molar-refractivity contribution in [2.75, 3.05) is 19.7 Å². The molecule has 172 valence electrons. The van der Waals surface area contributed by atoms with Gasteiger partial charge in [-0.2, -0.15) is 0 Å². The van der Waals surface area contributed by atoms with Crippen molar-refractivity contribution in [2.24, 2.45) is 0 Å². The molecule has 1 heterocycles. The normalized spacial score (nSPS) is 20.4. The number of hydrogen-bond donors (Lipinski definition) is 0. The molecule has 2 fully saturated rings. The van der Waals surface area contributed by atoms with Gasteiger partial charge in [-0.25, -0.2) is 0 Å². The van der Waals surface area contributed by atoms with E-state index in [0.717, 1.165) is 62.9 Å². The highest BCUT2D eigenvalue weighted by Crippen LogP contribution is 2.33. The first-order valence-electron chi connectivity index (χ1n) is 12.5. The number of unbranched alkanes of at least 4 members (excludes halogenated alkanes) is 4. The molecule has 3 rings (SSSR count). The van der Waals surface area contributed by atoms with Crippen molar-refractivity contribution in [3.63, 3.8) is 0 Å². The molecule has 0 spiro atoms. The Morgan fingerprint density at radius 1 is 0.903 bits per heavy atom. The molecular formula is C26H40N2O3. The summed E-state index contributed by atoms with van der Waals surface area (Å²) in [6.45, 7) is 5.92. The van der Waals surface area contributed by atoms with Gasteiger partial charge in [0, 0.05) is 12.6 Å². The van der Waals surface area contributed by atoms with Crippen LogP contribution in [-0.4, -0.2) is 47.4 Å². The zero-order valence-corrected chi connectivity index (χ0v) is 19.5. The quantitative estimate of drug-likeness (QED) is 0.438. The lowest BCUT2D eigenvalue weighted by Crippen LogP contribution is -2.58. The van der Waals surface area contributed by atoms with Crippen molar-refractivity contribution in [2.45, 2.75) is 96.6 Å². The number of ether oxygens (including phenoxy) is 1. The molecule has 2 aliphatic rings. The molecule has 5 heteroatoms. The molecule has 1 aromatic rings. The van der Waals surface area contributed by atoms with Crippen molar-refractivity contribution in [1.29, 1.82) is 0 Å². The third-order valence-electron chi connectivity index (χ3n) is 6.69. The van der Waals surface area contributed by atoms with E-state index in [1.54, 1.807) is 0 Å². The minimum Gasteiger partial charge on any atom is -0.494 e. The largest absolute Gasteiger partial charge is 0.494 e. The molecule has 1 aliphatic carbocycles. The summed E-state index contributed by atoms with van der Waals surface area (Å²) in [7, 11) is 0. The Labute approximate surface area is 188 Å². The Balaban J connectivity index is 1.73. The predicted octanol–water partition coefficient (Wildman–Crippen LogP) is 5.49. The average molecular weight is 429 g/mol. The molecule has 5 nitrogen and oxygen atoms in total. The van der Waals surface area contributed by atoms with Crippen molar-refractivity contribution >= 4 is 11.8 Å².